The summed E-state index contributed by atoms with van der Waals surface area (Å²) in [6.45, 7) is 6.87. The number of hydrogen-bond donors (Lipinski definition) is 3. The van der Waals surface area contributed by atoms with Crippen molar-refractivity contribution in [2.75, 3.05) is 6.61 Å². The number of aromatic amines is 1. The minimum atomic E-state index is -0.688. The molecule has 0 fully saturated rings. The molecule has 0 radical (unpaired) electrons. The molecule has 6 nitrogen and oxygen atoms in total. The van der Waals surface area contributed by atoms with Crippen molar-refractivity contribution in [2.45, 2.75) is 52.7 Å². The standard InChI is InChI=1S/C21H28N2O4/c1-5-9-17(16-10-7-6-8-11-16)23-18(25)12-27-21(26)20-13(2)19(15(4)24)14(3)22-20/h6-8,10-11,15,17,22,24H,5,9,12H2,1-4H3,(H,23,25)/t15-,17-/m1/s1. The van der Waals surface area contributed by atoms with E-state index >= 15 is 0 Å². The zero-order chi connectivity index (χ0) is 20.0. The van der Waals surface area contributed by atoms with Crippen molar-refractivity contribution in [2.24, 2.45) is 0 Å². The SMILES string of the molecule is CCC[C@@H](NC(=O)COC(=O)c1[nH]c(C)c([C@@H](C)O)c1C)c1ccccc1. The molecular weight excluding hydrogens is 344 g/mol. The summed E-state index contributed by atoms with van der Waals surface area (Å²) in [5.74, 6) is -0.952. The molecule has 146 valence electrons. The Morgan fingerprint density at radius 1 is 1.22 bits per heavy atom. The Balaban J connectivity index is 1.98. The molecule has 2 rings (SSSR count). The van der Waals surface area contributed by atoms with Gasteiger partial charge < -0.3 is 20.1 Å². The van der Waals surface area contributed by atoms with Crippen molar-refractivity contribution in [3.8, 4) is 0 Å². The largest absolute Gasteiger partial charge is 0.451 e. The third-order valence-electron chi connectivity index (χ3n) is 4.57. The molecule has 1 aromatic carbocycles. The first kappa shape index (κ1) is 20.7. The average molecular weight is 372 g/mol. The first-order valence-electron chi connectivity index (χ1n) is 9.23. The Hall–Kier alpha value is -2.60. The van der Waals surface area contributed by atoms with Gasteiger partial charge in [0.05, 0.1) is 12.1 Å². The third-order valence-corrected chi connectivity index (χ3v) is 4.57. The second kappa shape index (κ2) is 9.37. The normalized spacial score (nSPS) is 13.1. The van der Waals surface area contributed by atoms with E-state index in [-0.39, 0.29) is 24.2 Å². The number of aliphatic hydroxyl groups is 1. The second-order valence-electron chi connectivity index (χ2n) is 6.74. The van der Waals surface area contributed by atoms with Gasteiger partial charge >= 0.3 is 5.97 Å². The molecule has 6 heteroatoms. The molecule has 0 spiro atoms. The van der Waals surface area contributed by atoms with E-state index < -0.39 is 12.1 Å². The van der Waals surface area contributed by atoms with Crippen molar-refractivity contribution in [1.82, 2.24) is 10.3 Å². The van der Waals surface area contributed by atoms with Crippen LogP contribution in [0.25, 0.3) is 0 Å². The molecule has 1 aromatic heterocycles. The highest BCUT2D eigenvalue weighted by Gasteiger charge is 2.22. The van der Waals surface area contributed by atoms with E-state index in [0.717, 1.165) is 18.4 Å². The van der Waals surface area contributed by atoms with Gasteiger partial charge in [-0.3, -0.25) is 4.79 Å². The maximum Gasteiger partial charge on any atom is 0.355 e. The van der Waals surface area contributed by atoms with Crippen LogP contribution < -0.4 is 5.32 Å². The van der Waals surface area contributed by atoms with E-state index in [1.807, 2.05) is 30.3 Å². The molecule has 3 N–H and O–H groups in total. The Kier molecular flexibility index (Phi) is 7.19. The average Bonchev–Trinajstić information content (AvgIpc) is 2.94. The number of carbonyl (C=O) groups excluding carboxylic acids is 2. The Morgan fingerprint density at radius 3 is 2.44 bits per heavy atom. The fraction of sp³-hybridized carbons (Fsp3) is 0.429. The lowest BCUT2D eigenvalue weighted by Gasteiger charge is -2.18. The number of amides is 1. The Labute approximate surface area is 159 Å². The van der Waals surface area contributed by atoms with E-state index in [9.17, 15) is 14.7 Å². The number of benzene rings is 1. The van der Waals surface area contributed by atoms with Gasteiger partial charge in [0.25, 0.3) is 5.91 Å². The van der Waals surface area contributed by atoms with Crippen LogP contribution in [0.4, 0.5) is 0 Å². The summed E-state index contributed by atoms with van der Waals surface area (Å²) in [5.41, 5.74) is 3.33. The number of aryl methyl sites for hydroxylation is 1. The molecule has 2 aromatic rings. The molecule has 0 saturated heterocycles. The number of aliphatic hydroxyl groups excluding tert-OH is 1. The van der Waals surface area contributed by atoms with Gasteiger partial charge in [-0.1, -0.05) is 43.7 Å². The van der Waals surface area contributed by atoms with Crippen molar-refractivity contribution in [3.05, 3.63) is 58.4 Å². The molecule has 0 aliphatic carbocycles. The lowest BCUT2D eigenvalue weighted by Crippen LogP contribution is -2.32. The van der Waals surface area contributed by atoms with Crippen molar-refractivity contribution in [3.63, 3.8) is 0 Å². The first-order valence-corrected chi connectivity index (χ1v) is 9.23. The van der Waals surface area contributed by atoms with Crippen LogP contribution in [-0.4, -0.2) is 28.6 Å². The summed E-state index contributed by atoms with van der Waals surface area (Å²) in [7, 11) is 0. The van der Waals surface area contributed by atoms with E-state index in [2.05, 4.69) is 17.2 Å². The molecule has 0 aliphatic rings. The summed E-state index contributed by atoms with van der Waals surface area (Å²) >= 11 is 0. The van der Waals surface area contributed by atoms with Gasteiger partial charge in [0, 0.05) is 11.3 Å². The van der Waals surface area contributed by atoms with E-state index in [1.54, 1.807) is 20.8 Å². The third kappa shape index (κ3) is 5.20. The maximum absolute atomic E-state index is 12.3. The van der Waals surface area contributed by atoms with Crippen molar-refractivity contribution >= 4 is 11.9 Å². The van der Waals surface area contributed by atoms with Crippen molar-refractivity contribution < 1.29 is 19.4 Å². The smallest absolute Gasteiger partial charge is 0.355 e. The molecule has 27 heavy (non-hydrogen) atoms. The van der Waals surface area contributed by atoms with Crippen molar-refractivity contribution in [1.29, 1.82) is 0 Å². The molecule has 0 unspecified atom stereocenters. The first-order chi connectivity index (χ1) is 12.8. The summed E-state index contributed by atoms with van der Waals surface area (Å²) < 4.78 is 5.17. The number of aromatic nitrogens is 1. The second-order valence-corrected chi connectivity index (χ2v) is 6.74. The van der Waals surface area contributed by atoms with Gasteiger partial charge in [-0.05, 0) is 38.3 Å². The lowest BCUT2D eigenvalue weighted by molar-refractivity contribution is -0.125. The van der Waals surface area contributed by atoms with Crippen LogP contribution >= 0.6 is 0 Å². The summed E-state index contributed by atoms with van der Waals surface area (Å²) in [5, 5.41) is 12.7. The highest BCUT2D eigenvalue weighted by atomic mass is 16.5. The number of hydrogen-bond acceptors (Lipinski definition) is 4. The molecule has 2 atom stereocenters. The number of nitrogens with one attached hydrogen (secondary N) is 2. The predicted molar refractivity (Wildman–Crippen MR) is 103 cm³/mol. The van der Waals surface area contributed by atoms with Gasteiger partial charge in [-0.25, -0.2) is 4.79 Å². The maximum atomic E-state index is 12.3. The number of H-pyrrole nitrogens is 1. The molecule has 0 bridgehead atoms. The number of rotatable bonds is 8. The zero-order valence-corrected chi connectivity index (χ0v) is 16.3. The Morgan fingerprint density at radius 2 is 1.89 bits per heavy atom. The molecule has 1 amide bonds. The molecular formula is C21H28N2O4. The van der Waals surface area contributed by atoms with E-state index in [0.29, 0.717) is 16.8 Å². The zero-order valence-electron chi connectivity index (χ0n) is 16.3. The number of carbonyl (C=O) groups is 2. The fourth-order valence-electron chi connectivity index (χ4n) is 3.33. The Bertz CT molecular complexity index is 781. The van der Waals surface area contributed by atoms with E-state index in [4.69, 9.17) is 4.74 Å². The highest BCUT2D eigenvalue weighted by molar-refractivity contribution is 5.91. The number of esters is 1. The van der Waals surface area contributed by atoms with Crippen LogP contribution in [0.1, 0.15) is 71.7 Å². The summed E-state index contributed by atoms with van der Waals surface area (Å²) in [6, 6.07) is 9.61. The van der Waals surface area contributed by atoms with Gasteiger partial charge in [-0.15, -0.1) is 0 Å². The van der Waals surface area contributed by atoms with Crippen LogP contribution in [-0.2, 0) is 9.53 Å². The van der Waals surface area contributed by atoms with Crippen LogP contribution in [0.15, 0.2) is 30.3 Å². The van der Waals surface area contributed by atoms with Crippen LogP contribution in [0.3, 0.4) is 0 Å². The van der Waals surface area contributed by atoms with Gasteiger partial charge in [-0.2, -0.15) is 0 Å². The fourth-order valence-corrected chi connectivity index (χ4v) is 3.33. The minimum Gasteiger partial charge on any atom is -0.451 e. The molecule has 0 aliphatic heterocycles. The summed E-state index contributed by atoms with van der Waals surface area (Å²) in [6.07, 6.45) is 1.03. The van der Waals surface area contributed by atoms with Crippen LogP contribution in [0, 0.1) is 13.8 Å². The van der Waals surface area contributed by atoms with Crippen LogP contribution in [0.2, 0.25) is 0 Å². The quantitative estimate of drug-likeness (QED) is 0.619. The van der Waals surface area contributed by atoms with E-state index in [1.165, 1.54) is 0 Å². The lowest BCUT2D eigenvalue weighted by atomic mass is 10.0. The van der Waals surface area contributed by atoms with Gasteiger partial charge in [0.2, 0.25) is 0 Å². The monoisotopic (exact) mass is 372 g/mol. The molecule has 0 saturated carbocycles. The van der Waals surface area contributed by atoms with Crippen LogP contribution in [0.5, 0.6) is 0 Å². The van der Waals surface area contributed by atoms with Gasteiger partial charge in [0.1, 0.15) is 5.69 Å². The minimum absolute atomic E-state index is 0.112. The van der Waals surface area contributed by atoms with Gasteiger partial charge in [0.15, 0.2) is 6.61 Å². The number of ether oxygens (including phenoxy) is 1. The molecule has 1 heterocycles. The predicted octanol–water partition coefficient (Wildman–Crippen LogP) is 3.50. The topological polar surface area (TPSA) is 91.4 Å². The summed E-state index contributed by atoms with van der Waals surface area (Å²) in [4.78, 5) is 27.5. The highest BCUT2D eigenvalue weighted by Crippen LogP contribution is 2.25.